The lowest BCUT2D eigenvalue weighted by molar-refractivity contribution is -0.125. The van der Waals surface area contributed by atoms with Crippen LogP contribution in [-0.2, 0) is 16.1 Å². The molecular weight excluding hydrogens is 406 g/mol. The van der Waals surface area contributed by atoms with Gasteiger partial charge in [-0.15, -0.1) is 0 Å². The molecule has 8 heteroatoms. The van der Waals surface area contributed by atoms with Gasteiger partial charge in [-0.1, -0.05) is 29.8 Å². The van der Waals surface area contributed by atoms with Crippen molar-refractivity contribution >= 4 is 35.0 Å². The molecule has 1 N–H and O–H groups in total. The average molecular weight is 430 g/mol. The van der Waals surface area contributed by atoms with Crippen LogP contribution >= 0.6 is 11.6 Å². The number of rotatable bonds is 7. The SMILES string of the molecule is CCN(CC)C(=O)c1ccc2c(c1)N(CC(=O)NCc1ccccc1Cl)C(=O)CO2. The van der Waals surface area contributed by atoms with E-state index in [1.807, 2.05) is 32.0 Å². The minimum absolute atomic E-state index is 0.135. The third-order valence-corrected chi connectivity index (χ3v) is 5.30. The Labute approximate surface area is 180 Å². The van der Waals surface area contributed by atoms with E-state index in [1.165, 1.54) is 4.90 Å². The summed E-state index contributed by atoms with van der Waals surface area (Å²) in [6.45, 7) is 4.89. The van der Waals surface area contributed by atoms with Crippen LogP contribution in [0.5, 0.6) is 5.75 Å². The molecule has 3 amide bonds. The lowest BCUT2D eigenvalue weighted by Crippen LogP contribution is -2.45. The highest BCUT2D eigenvalue weighted by Gasteiger charge is 2.28. The summed E-state index contributed by atoms with van der Waals surface area (Å²) in [6.07, 6.45) is 0. The maximum atomic E-state index is 12.7. The number of nitrogens with zero attached hydrogens (tertiary/aromatic N) is 2. The third kappa shape index (κ3) is 4.74. The van der Waals surface area contributed by atoms with E-state index in [9.17, 15) is 14.4 Å². The maximum absolute atomic E-state index is 12.7. The maximum Gasteiger partial charge on any atom is 0.265 e. The number of ether oxygens (including phenoxy) is 1. The summed E-state index contributed by atoms with van der Waals surface area (Å²) in [6, 6.07) is 12.2. The van der Waals surface area contributed by atoms with Crippen LogP contribution in [0.1, 0.15) is 29.8 Å². The molecule has 0 bridgehead atoms. The molecule has 0 spiro atoms. The molecular formula is C22H24ClN3O4. The molecule has 0 fully saturated rings. The van der Waals surface area contributed by atoms with Gasteiger partial charge in [0.1, 0.15) is 12.3 Å². The van der Waals surface area contributed by atoms with Gasteiger partial charge in [-0.05, 0) is 43.7 Å². The number of halogens is 1. The van der Waals surface area contributed by atoms with Crippen LogP contribution in [0.2, 0.25) is 5.02 Å². The van der Waals surface area contributed by atoms with E-state index in [0.717, 1.165) is 5.56 Å². The summed E-state index contributed by atoms with van der Waals surface area (Å²) in [5.41, 5.74) is 1.64. The number of fused-ring (bicyclic) bond motifs is 1. The normalized spacial score (nSPS) is 12.8. The Kier molecular flexibility index (Phi) is 6.95. The first-order chi connectivity index (χ1) is 14.4. The molecule has 30 heavy (non-hydrogen) atoms. The molecule has 0 aliphatic carbocycles. The molecule has 2 aromatic rings. The number of hydrogen-bond donors (Lipinski definition) is 1. The van der Waals surface area contributed by atoms with Crippen molar-refractivity contribution in [1.82, 2.24) is 10.2 Å². The lowest BCUT2D eigenvalue weighted by Gasteiger charge is -2.29. The van der Waals surface area contributed by atoms with Crippen molar-refractivity contribution < 1.29 is 19.1 Å². The zero-order chi connectivity index (χ0) is 21.7. The number of anilines is 1. The molecule has 0 unspecified atom stereocenters. The molecule has 0 aromatic heterocycles. The molecule has 0 atom stereocenters. The Hall–Kier alpha value is -3.06. The molecule has 2 aromatic carbocycles. The molecule has 0 saturated carbocycles. The third-order valence-electron chi connectivity index (χ3n) is 4.94. The number of nitrogens with one attached hydrogen (secondary N) is 1. The van der Waals surface area contributed by atoms with E-state index in [2.05, 4.69) is 5.32 Å². The molecule has 1 aliphatic rings. The predicted octanol–water partition coefficient (Wildman–Crippen LogP) is 2.86. The Bertz CT molecular complexity index is 959. The fourth-order valence-electron chi connectivity index (χ4n) is 3.24. The largest absolute Gasteiger partial charge is 0.482 e. The van der Waals surface area contributed by atoms with Crippen molar-refractivity contribution in [3.63, 3.8) is 0 Å². The van der Waals surface area contributed by atoms with E-state index < -0.39 is 0 Å². The monoisotopic (exact) mass is 429 g/mol. The van der Waals surface area contributed by atoms with Gasteiger partial charge in [-0.25, -0.2) is 0 Å². The first-order valence-electron chi connectivity index (χ1n) is 9.81. The van der Waals surface area contributed by atoms with E-state index >= 15 is 0 Å². The molecule has 7 nitrogen and oxygen atoms in total. The highest BCUT2D eigenvalue weighted by molar-refractivity contribution is 6.31. The van der Waals surface area contributed by atoms with Gasteiger partial charge < -0.3 is 15.0 Å². The molecule has 0 saturated heterocycles. The van der Waals surface area contributed by atoms with Gasteiger partial charge in [-0.2, -0.15) is 0 Å². The van der Waals surface area contributed by atoms with E-state index in [1.54, 1.807) is 29.2 Å². The van der Waals surface area contributed by atoms with E-state index in [0.29, 0.717) is 35.1 Å². The number of hydrogen-bond acceptors (Lipinski definition) is 4. The van der Waals surface area contributed by atoms with Gasteiger partial charge >= 0.3 is 0 Å². The van der Waals surface area contributed by atoms with Gasteiger partial charge in [0.25, 0.3) is 11.8 Å². The number of benzene rings is 2. The second kappa shape index (κ2) is 9.63. The zero-order valence-corrected chi connectivity index (χ0v) is 17.7. The number of carbonyl (C=O) groups excluding carboxylic acids is 3. The van der Waals surface area contributed by atoms with Crippen LogP contribution in [-0.4, -0.2) is 48.9 Å². The molecule has 3 rings (SSSR count). The van der Waals surface area contributed by atoms with Crippen molar-refractivity contribution in [1.29, 1.82) is 0 Å². The Balaban J connectivity index is 1.76. The van der Waals surface area contributed by atoms with Crippen molar-refractivity contribution in [3.8, 4) is 5.75 Å². The second-order valence-corrected chi connectivity index (χ2v) is 7.20. The summed E-state index contributed by atoms with van der Waals surface area (Å²) in [5, 5.41) is 3.34. The van der Waals surface area contributed by atoms with Crippen LogP contribution in [0, 0.1) is 0 Å². The van der Waals surface area contributed by atoms with Gasteiger partial charge in [-0.3, -0.25) is 19.3 Å². The minimum atomic E-state index is -0.345. The van der Waals surface area contributed by atoms with Crippen LogP contribution in [0.4, 0.5) is 5.69 Å². The van der Waals surface area contributed by atoms with Gasteiger partial charge in [0.15, 0.2) is 6.61 Å². The van der Waals surface area contributed by atoms with Crippen molar-refractivity contribution in [2.75, 3.05) is 31.1 Å². The summed E-state index contributed by atoms with van der Waals surface area (Å²) < 4.78 is 5.48. The van der Waals surface area contributed by atoms with E-state index in [-0.39, 0.29) is 37.4 Å². The summed E-state index contributed by atoms with van der Waals surface area (Å²) in [5.74, 6) is -0.354. The van der Waals surface area contributed by atoms with E-state index in [4.69, 9.17) is 16.3 Å². The fraction of sp³-hybridized carbons (Fsp3) is 0.318. The van der Waals surface area contributed by atoms with Crippen molar-refractivity contribution in [2.45, 2.75) is 20.4 Å². The molecule has 0 radical (unpaired) electrons. The second-order valence-electron chi connectivity index (χ2n) is 6.80. The first-order valence-corrected chi connectivity index (χ1v) is 10.2. The molecule has 1 aliphatic heterocycles. The van der Waals surface area contributed by atoms with Gasteiger partial charge in [0.2, 0.25) is 5.91 Å². The standard InChI is InChI=1S/C22H24ClN3O4/c1-3-25(4-2)22(29)15-9-10-19-18(11-15)26(21(28)14-30-19)13-20(27)24-12-16-7-5-6-8-17(16)23/h5-11H,3-4,12-14H2,1-2H3,(H,24,27). The Morgan fingerprint density at radius 2 is 1.90 bits per heavy atom. The average Bonchev–Trinajstić information content (AvgIpc) is 2.75. The lowest BCUT2D eigenvalue weighted by atomic mass is 10.1. The highest BCUT2D eigenvalue weighted by atomic mass is 35.5. The molecule has 158 valence electrons. The zero-order valence-electron chi connectivity index (χ0n) is 17.0. The Morgan fingerprint density at radius 3 is 2.60 bits per heavy atom. The number of carbonyl (C=O) groups is 3. The fourth-order valence-corrected chi connectivity index (χ4v) is 3.44. The Morgan fingerprint density at radius 1 is 1.17 bits per heavy atom. The van der Waals surface area contributed by atoms with Gasteiger partial charge in [0, 0.05) is 30.2 Å². The summed E-state index contributed by atoms with van der Waals surface area (Å²) in [4.78, 5) is 40.7. The van der Waals surface area contributed by atoms with Crippen molar-refractivity contribution in [2.24, 2.45) is 0 Å². The first kappa shape index (κ1) is 21.6. The predicted molar refractivity (Wildman–Crippen MR) is 115 cm³/mol. The topological polar surface area (TPSA) is 79.0 Å². The highest BCUT2D eigenvalue weighted by Crippen LogP contribution is 2.33. The quantitative estimate of drug-likeness (QED) is 0.734. The van der Waals surface area contributed by atoms with Crippen LogP contribution in [0.25, 0.3) is 0 Å². The summed E-state index contributed by atoms with van der Waals surface area (Å²) in [7, 11) is 0. The minimum Gasteiger partial charge on any atom is -0.482 e. The number of amides is 3. The van der Waals surface area contributed by atoms with Gasteiger partial charge in [0.05, 0.1) is 5.69 Å². The summed E-state index contributed by atoms with van der Waals surface area (Å²) >= 11 is 6.12. The van der Waals surface area contributed by atoms with Crippen molar-refractivity contribution in [3.05, 3.63) is 58.6 Å². The molecule has 1 heterocycles. The van der Waals surface area contributed by atoms with Crippen LogP contribution in [0.15, 0.2) is 42.5 Å². The van der Waals surface area contributed by atoms with Crippen LogP contribution in [0.3, 0.4) is 0 Å². The smallest absolute Gasteiger partial charge is 0.265 e. The van der Waals surface area contributed by atoms with Crippen LogP contribution < -0.4 is 15.0 Å².